The second-order valence-corrected chi connectivity index (χ2v) is 5.79. The van der Waals surface area contributed by atoms with Crippen LogP contribution < -0.4 is 0 Å². The van der Waals surface area contributed by atoms with E-state index in [1.807, 2.05) is 18.2 Å². The number of esters is 1. The first-order valence-electron chi connectivity index (χ1n) is 5.58. The monoisotopic (exact) mass is 281 g/mol. The van der Waals surface area contributed by atoms with Crippen LogP contribution in [-0.2, 0) is 9.53 Å². The second kappa shape index (κ2) is 8.06. The Morgan fingerprint density at radius 3 is 2.61 bits per heavy atom. The summed E-state index contributed by atoms with van der Waals surface area (Å²) in [5.41, 5.74) is 0.708. The summed E-state index contributed by atoms with van der Waals surface area (Å²) in [6.07, 6.45) is 0.358. The predicted molar refractivity (Wildman–Crippen MR) is 74.9 cm³/mol. The molecule has 0 fully saturated rings. The summed E-state index contributed by atoms with van der Waals surface area (Å²) < 4.78 is 4.59. The number of rotatable bonds is 6. The van der Waals surface area contributed by atoms with Crippen molar-refractivity contribution in [2.45, 2.75) is 23.1 Å². The van der Waals surface area contributed by atoms with Crippen LogP contribution in [0.25, 0.3) is 0 Å². The molecule has 0 bridgehead atoms. The van der Waals surface area contributed by atoms with E-state index in [1.54, 1.807) is 11.8 Å². The lowest BCUT2D eigenvalue weighted by molar-refractivity contribution is -0.140. The van der Waals surface area contributed by atoms with Gasteiger partial charge in [-0.3, -0.25) is 4.79 Å². The van der Waals surface area contributed by atoms with E-state index in [1.165, 1.54) is 18.9 Å². The molecule has 0 spiro atoms. The zero-order valence-corrected chi connectivity index (χ0v) is 12.1. The molecule has 0 aliphatic rings. The second-order valence-electron chi connectivity index (χ2n) is 3.35. The predicted octanol–water partition coefficient (Wildman–Crippen LogP) is 3.33. The number of hydrogen-bond acceptors (Lipinski definition) is 5. The molecule has 1 rings (SSSR count). The quantitative estimate of drug-likeness (QED) is 0.591. The maximum Gasteiger partial charge on any atom is 0.306 e. The topological polar surface area (TPSA) is 50.1 Å². The minimum absolute atomic E-state index is 0.222. The van der Waals surface area contributed by atoms with Crippen molar-refractivity contribution < 1.29 is 9.53 Å². The van der Waals surface area contributed by atoms with Gasteiger partial charge in [-0.1, -0.05) is 13.0 Å². The van der Waals surface area contributed by atoms with Gasteiger partial charge in [-0.15, -0.1) is 23.5 Å². The van der Waals surface area contributed by atoms with Crippen LogP contribution in [0, 0.1) is 11.3 Å². The van der Waals surface area contributed by atoms with Gasteiger partial charge in [-0.05, 0) is 17.9 Å². The van der Waals surface area contributed by atoms with Crippen molar-refractivity contribution in [1.29, 1.82) is 5.26 Å². The molecule has 1 aromatic rings. The van der Waals surface area contributed by atoms with Crippen molar-refractivity contribution >= 4 is 29.5 Å². The first kappa shape index (κ1) is 14.9. The molecule has 0 saturated carbocycles. The summed E-state index contributed by atoms with van der Waals surface area (Å²) in [6.45, 7) is 2.06. The molecule has 18 heavy (non-hydrogen) atoms. The average molecular weight is 281 g/mol. The van der Waals surface area contributed by atoms with Gasteiger partial charge in [0, 0.05) is 15.5 Å². The summed E-state index contributed by atoms with van der Waals surface area (Å²) in [5, 5.41) is 9.21. The van der Waals surface area contributed by atoms with Crippen molar-refractivity contribution in [2.24, 2.45) is 0 Å². The molecule has 0 saturated heterocycles. The number of nitrogens with zero attached hydrogens (tertiary/aromatic N) is 1. The average Bonchev–Trinajstić information content (AvgIpc) is 2.39. The number of nitriles is 1. The summed E-state index contributed by atoms with van der Waals surface area (Å²) in [4.78, 5) is 13.0. The van der Waals surface area contributed by atoms with Gasteiger partial charge >= 0.3 is 5.97 Å². The summed E-state index contributed by atoms with van der Waals surface area (Å²) >= 11 is 3.18. The molecule has 0 aliphatic heterocycles. The third kappa shape index (κ3) is 4.28. The molecule has 96 valence electrons. The van der Waals surface area contributed by atoms with E-state index in [9.17, 15) is 10.1 Å². The summed E-state index contributed by atoms with van der Waals surface area (Å²) in [5.74, 6) is 1.34. The highest BCUT2D eigenvalue weighted by atomic mass is 32.2. The Balaban J connectivity index is 2.73. The molecule has 0 aromatic heterocycles. The Hall–Kier alpha value is -1.12. The number of ether oxygens (including phenoxy) is 1. The standard InChI is InChI=1S/C13H15NO2S2/c1-3-17-11-5-4-6-12(10(11)9-14)18-8-7-13(15)16-2/h4-6H,3,7-8H2,1-2H3. The first-order valence-corrected chi connectivity index (χ1v) is 7.55. The largest absolute Gasteiger partial charge is 0.469 e. The van der Waals surface area contributed by atoms with Crippen LogP contribution in [0.3, 0.4) is 0 Å². The maximum atomic E-state index is 11.0. The maximum absolute atomic E-state index is 11.0. The van der Waals surface area contributed by atoms with Gasteiger partial charge in [0.15, 0.2) is 0 Å². The number of hydrogen-bond donors (Lipinski definition) is 0. The third-order valence-electron chi connectivity index (χ3n) is 2.19. The van der Waals surface area contributed by atoms with E-state index < -0.39 is 0 Å². The smallest absolute Gasteiger partial charge is 0.306 e. The van der Waals surface area contributed by atoms with E-state index >= 15 is 0 Å². The Morgan fingerprint density at radius 2 is 2.06 bits per heavy atom. The van der Waals surface area contributed by atoms with Crippen molar-refractivity contribution in [2.75, 3.05) is 18.6 Å². The van der Waals surface area contributed by atoms with Gasteiger partial charge in [0.25, 0.3) is 0 Å². The van der Waals surface area contributed by atoms with E-state index in [-0.39, 0.29) is 5.97 Å². The van der Waals surface area contributed by atoms with Crippen LogP contribution in [0.15, 0.2) is 28.0 Å². The zero-order chi connectivity index (χ0) is 13.4. The van der Waals surface area contributed by atoms with Crippen LogP contribution in [0.2, 0.25) is 0 Å². The zero-order valence-electron chi connectivity index (χ0n) is 10.4. The van der Waals surface area contributed by atoms with E-state index in [4.69, 9.17) is 0 Å². The van der Waals surface area contributed by atoms with Crippen LogP contribution in [0.1, 0.15) is 18.9 Å². The molecule has 5 heteroatoms. The van der Waals surface area contributed by atoms with E-state index in [2.05, 4.69) is 17.7 Å². The van der Waals surface area contributed by atoms with Gasteiger partial charge < -0.3 is 4.74 Å². The van der Waals surface area contributed by atoms with Gasteiger partial charge in [0.05, 0.1) is 19.1 Å². The van der Waals surface area contributed by atoms with Crippen molar-refractivity contribution in [3.05, 3.63) is 23.8 Å². The Morgan fingerprint density at radius 1 is 1.39 bits per heavy atom. The Bertz CT molecular complexity index is 455. The summed E-state index contributed by atoms with van der Waals surface area (Å²) in [7, 11) is 1.38. The molecule has 0 radical (unpaired) electrons. The highest BCUT2D eigenvalue weighted by Crippen LogP contribution is 2.31. The van der Waals surface area contributed by atoms with Crippen molar-refractivity contribution in [3.8, 4) is 6.07 Å². The number of thioether (sulfide) groups is 2. The number of benzene rings is 1. The minimum atomic E-state index is -0.222. The fourth-order valence-corrected chi connectivity index (χ4v) is 3.18. The molecular weight excluding hydrogens is 266 g/mol. The van der Waals surface area contributed by atoms with Crippen LogP contribution in [0.4, 0.5) is 0 Å². The summed E-state index contributed by atoms with van der Waals surface area (Å²) in [6, 6.07) is 8.06. The Labute approximate surface area is 116 Å². The lowest BCUT2D eigenvalue weighted by atomic mass is 10.2. The fourth-order valence-electron chi connectivity index (χ4n) is 1.36. The van der Waals surface area contributed by atoms with Crippen molar-refractivity contribution in [1.82, 2.24) is 0 Å². The van der Waals surface area contributed by atoms with Crippen LogP contribution >= 0.6 is 23.5 Å². The minimum Gasteiger partial charge on any atom is -0.469 e. The SMILES string of the molecule is CCSc1cccc(SCCC(=O)OC)c1C#N. The lowest BCUT2D eigenvalue weighted by Crippen LogP contribution is -2.01. The molecule has 0 amide bonds. The van der Waals surface area contributed by atoms with E-state index in [0.29, 0.717) is 17.7 Å². The number of methoxy groups -OCH3 is 1. The molecule has 0 N–H and O–H groups in total. The highest BCUT2D eigenvalue weighted by Gasteiger charge is 2.09. The van der Waals surface area contributed by atoms with Crippen LogP contribution in [0.5, 0.6) is 0 Å². The van der Waals surface area contributed by atoms with E-state index in [0.717, 1.165) is 15.5 Å². The molecule has 0 unspecified atom stereocenters. The van der Waals surface area contributed by atoms with Crippen LogP contribution in [-0.4, -0.2) is 24.6 Å². The van der Waals surface area contributed by atoms with Gasteiger partial charge in [0.1, 0.15) is 6.07 Å². The fraction of sp³-hybridized carbons (Fsp3) is 0.385. The van der Waals surface area contributed by atoms with Gasteiger partial charge in [0.2, 0.25) is 0 Å². The third-order valence-corrected chi connectivity index (χ3v) is 4.19. The Kier molecular flexibility index (Phi) is 6.69. The number of carbonyl (C=O) groups is 1. The van der Waals surface area contributed by atoms with Crippen molar-refractivity contribution in [3.63, 3.8) is 0 Å². The first-order chi connectivity index (χ1) is 8.72. The van der Waals surface area contributed by atoms with Gasteiger partial charge in [-0.2, -0.15) is 5.26 Å². The highest BCUT2D eigenvalue weighted by molar-refractivity contribution is 8.00. The molecule has 0 heterocycles. The molecule has 1 aromatic carbocycles. The number of carbonyl (C=O) groups excluding carboxylic acids is 1. The molecule has 0 aliphatic carbocycles. The molecule has 3 nitrogen and oxygen atoms in total. The normalized spacial score (nSPS) is 9.83. The lowest BCUT2D eigenvalue weighted by Gasteiger charge is -2.07. The molecular formula is C13H15NO2S2. The van der Waals surface area contributed by atoms with Gasteiger partial charge in [-0.25, -0.2) is 0 Å². The molecule has 0 atom stereocenters.